The molecule has 0 aromatic heterocycles. The van der Waals surface area contributed by atoms with Crippen molar-refractivity contribution < 1.29 is 19.4 Å². The molecule has 0 radical (unpaired) electrons. The van der Waals surface area contributed by atoms with Crippen molar-refractivity contribution in [2.45, 2.75) is 33.1 Å². The van der Waals surface area contributed by atoms with E-state index in [1.165, 1.54) is 0 Å². The number of carboxylic acid groups (broad SMARTS) is 1. The van der Waals surface area contributed by atoms with Crippen molar-refractivity contribution in [3.8, 4) is 0 Å². The minimum atomic E-state index is -0.793. The number of nitrogens with zero attached hydrogens (tertiary/aromatic N) is 1. The lowest BCUT2D eigenvalue weighted by atomic mass is 9.72. The second-order valence-electron chi connectivity index (χ2n) is 7.25. The van der Waals surface area contributed by atoms with Crippen LogP contribution in [0.4, 0.5) is 0 Å². The van der Waals surface area contributed by atoms with E-state index in [0.29, 0.717) is 32.7 Å². The molecule has 1 N–H and O–H groups in total. The van der Waals surface area contributed by atoms with Gasteiger partial charge >= 0.3 is 5.97 Å². The van der Waals surface area contributed by atoms with Crippen LogP contribution < -0.4 is 0 Å². The van der Waals surface area contributed by atoms with Gasteiger partial charge in [0.05, 0.1) is 12.3 Å². The monoisotopic (exact) mass is 331 g/mol. The van der Waals surface area contributed by atoms with Gasteiger partial charge in [-0.15, -0.1) is 0 Å². The zero-order valence-electron chi connectivity index (χ0n) is 14.4. The van der Waals surface area contributed by atoms with Crippen molar-refractivity contribution in [1.82, 2.24) is 4.90 Å². The molecule has 5 nitrogen and oxygen atoms in total. The minimum Gasteiger partial charge on any atom is -0.481 e. The van der Waals surface area contributed by atoms with E-state index >= 15 is 0 Å². The van der Waals surface area contributed by atoms with Gasteiger partial charge in [-0.2, -0.15) is 0 Å². The summed E-state index contributed by atoms with van der Waals surface area (Å²) < 4.78 is 5.41. The Labute approximate surface area is 142 Å². The van der Waals surface area contributed by atoms with Crippen LogP contribution >= 0.6 is 0 Å². The van der Waals surface area contributed by atoms with Crippen LogP contribution in [0.25, 0.3) is 0 Å². The summed E-state index contributed by atoms with van der Waals surface area (Å²) in [7, 11) is 0. The van der Waals surface area contributed by atoms with Gasteiger partial charge in [-0.1, -0.05) is 23.8 Å². The Morgan fingerprint density at radius 2 is 2.00 bits per heavy atom. The van der Waals surface area contributed by atoms with E-state index in [9.17, 15) is 14.7 Å². The molecule has 1 spiro atoms. The fourth-order valence-corrected chi connectivity index (χ4v) is 4.05. The van der Waals surface area contributed by atoms with E-state index in [1.54, 1.807) is 4.90 Å². The standard InChI is InChI=1S/C19H25NO4/c1-13-3-4-14(2)15(9-13)10-17(21)20-11-16(18(22)23)19(12-20)5-7-24-8-6-19/h3-4,9,16H,5-8,10-12H2,1-2H3,(H,22,23). The number of aliphatic carboxylic acids is 1. The fraction of sp³-hybridized carbons (Fsp3) is 0.579. The summed E-state index contributed by atoms with van der Waals surface area (Å²) in [4.78, 5) is 26.3. The third-order valence-corrected chi connectivity index (χ3v) is 5.63. The summed E-state index contributed by atoms with van der Waals surface area (Å²) in [5, 5.41) is 9.62. The topological polar surface area (TPSA) is 66.8 Å². The van der Waals surface area contributed by atoms with E-state index in [2.05, 4.69) is 0 Å². The molecule has 1 unspecified atom stereocenters. The quantitative estimate of drug-likeness (QED) is 0.922. The first-order chi connectivity index (χ1) is 11.4. The number of benzene rings is 1. The zero-order valence-corrected chi connectivity index (χ0v) is 14.4. The molecule has 1 aromatic rings. The first-order valence-corrected chi connectivity index (χ1v) is 8.56. The van der Waals surface area contributed by atoms with Crippen molar-refractivity contribution >= 4 is 11.9 Å². The average molecular weight is 331 g/mol. The number of rotatable bonds is 3. The molecule has 2 saturated heterocycles. The smallest absolute Gasteiger partial charge is 0.308 e. The Balaban J connectivity index is 1.76. The molecule has 2 aliphatic rings. The zero-order chi connectivity index (χ0) is 17.3. The highest BCUT2D eigenvalue weighted by atomic mass is 16.5. The number of ether oxygens (including phenoxy) is 1. The van der Waals surface area contributed by atoms with E-state index in [4.69, 9.17) is 4.74 Å². The number of aryl methyl sites for hydroxylation is 2. The first-order valence-electron chi connectivity index (χ1n) is 8.56. The van der Waals surface area contributed by atoms with Crippen LogP contribution in [0.1, 0.15) is 29.5 Å². The van der Waals surface area contributed by atoms with Crippen molar-refractivity contribution in [3.05, 3.63) is 34.9 Å². The SMILES string of the molecule is Cc1ccc(C)c(CC(=O)N2CC(C(=O)O)C3(CCOCC3)C2)c1. The molecule has 2 heterocycles. The number of carboxylic acids is 1. The summed E-state index contributed by atoms with van der Waals surface area (Å²) >= 11 is 0. The van der Waals surface area contributed by atoms with Crippen molar-refractivity contribution in [3.63, 3.8) is 0 Å². The number of hydrogen-bond acceptors (Lipinski definition) is 3. The third-order valence-electron chi connectivity index (χ3n) is 5.63. The van der Waals surface area contributed by atoms with Gasteiger partial charge in [-0.3, -0.25) is 9.59 Å². The molecule has 0 bridgehead atoms. The van der Waals surface area contributed by atoms with E-state index in [-0.39, 0.29) is 11.3 Å². The highest BCUT2D eigenvalue weighted by molar-refractivity contribution is 5.81. The van der Waals surface area contributed by atoms with Crippen LogP contribution in [-0.4, -0.2) is 48.2 Å². The van der Waals surface area contributed by atoms with Crippen LogP contribution in [0.5, 0.6) is 0 Å². The molecule has 2 aliphatic heterocycles. The molecule has 24 heavy (non-hydrogen) atoms. The lowest BCUT2D eigenvalue weighted by molar-refractivity contribution is -0.146. The van der Waals surface area contributed by atoms with Crippen LogP contribution in [-0.2, 0) is 20.7 Å². The van der Waals surface area contributed by atoms with Crippen LogP contribution in [0.15, 0.2) is 18.2 Å². The number of hydrogen-bond donors (Lipinski definition) is 1. The Kier molecular flexibility index (Phi) is 4.63. The fourth-order valence-electron chi connectivity index (χ4n) is 4.05. The van der Waals surface area contributed by atoms with Gasteiger partial charge in [0.15, 0.2) is 0 Å². The molecule has 5 heteroatoms. The van der Waals surface area contributed by atoms with Crippen molar-refractivity contribution in [2.24, 2.45) is 11.3 Å². The molecule has 130 valence electrons. The molecule has 1 aromatic carbocycles. The maximum absolute atomic E-state index is 12.8. The molecule has 3 rings (SSSR count). The van der Waals surface area contributed by atoms with Crippen LogP contribution in [0.3, 0.4) is 0 Å². The summed E-state index contributed by atoms with van der Waals surface area (Å²) in [6.07, 6.45) is 1.78. The normalized spacial score (nSPS) is 22.8. The predicted molar refractivity (Wildman–Crippen MR) is 89.8 cm³/mol. The minimum absolute atomic E-state index is 0.0262. The van der Waals surface area contributed by atoms with Crippen LogP contribution in [0.2, 0.25) is 0 Å². The van der Waals surface area contributed by atoms with Gasteiger partial charge < -0.3 is 14.7 Å². The number of carbonyl (C=O) groups excluding carboxylic acids is 1. The molecule has 0 aliphatic carbocycles. The molecule has 2 fully saturated rings. The molecule has 1 amide bonds. The molecule has 1 atom stereocenters. The number of amides is 1. The van der Waals surface area contributed by atoms with E-state index in [1.807, 2.05) is 32.0 Å². The largest absolute Gasteiger partial charge is 0.481 e. The summed E-state index contributed by atoms with van der Waals surface area (Å²) in [6, 6.07) is 6.11. The highest BCUT2D eigenvalue weighted by Gasteiger charge is 2.51. The van der Waals surface area contributed by atoms with Gasteiger partial charge in [0.25, 0.3) is 0 Å². The Morgan fingerprint density at radius 1 is 1.29 bits per heavy atom. The van der Waals surface area contributed by atoms with E-state index < -0.39 is 11.9 Å². The molecule has 0 saturated carbocycles. The van der Waals surface area contributed by atoms with Gasteiger partial charge in [-0.25, -0.2) is 0 Å². The Morgan fingerprint density at radius 3 is 2.67 bits per heavy atom. The molecular formula is C19H25NO4. The lowest BCUT2D eigenvalue weighted by Crippen LogP contribution is -2.40. The van der Waals surface area contributed by atoms with Crippen molar-refractivity contribution in [1.29, 1.82) is 0 Å². The van der Waals surface area contributed by atoms with Gasteiger partial charge in [0, 0.05) is 31.7 Å². The summed E-state index contributed by atoms with van der Waals surface area (Å²) in [6.45, 7) is 6.05. The maximum Gasteiger partial charge on any atom is 0.308 e. The Hall–Kier alpha value is -1.88. The molecular weight excluding hydrogens is 306 g/mol. The summed E-state index contributed by atoms with van der Waals surface area (Å²) in [5.41, 5.74) is 2.94. The second kappa shape index (κ2) is 6.55. The van der Waals surface area contributed by atoms with Crippen molar-refractivity contribution in [2.75, 3.05) is 26.3 Å². The van der Waals surface area contributed by atoms with Gasteiger partial charge in [0.1, 0.15) is 0 Å². The third kappa shape index (κ3) is 3.18. The lowest BCUT2D eigenvalue weighted by Gasteiger charge is -2.36. The summed E-state index contributed by atoms with van der Waals surface area (Å²) in [5.74, 6) is -1.25. The number of carbonyl (C=O) groups is 2. The maximum atomic E-state index is 12.8. The number of likely N-dealkylation sites (tertiary alicyclic amines) is 1. The Bertz CT molecular complexity index is 649. The van der Waals surface area contributed by atoms with E-state index in [0.717, 1.165) is 29.5 Å². The second-order valence-corrected chi connectivity index (χ2v) is 7.25. The van der Waals surface area contributed by atoms with Gasteiger partial charge in [0.2, 0.25) is 5.91 Å². The first kappa shape index (κ1) is 17.0. The highest BCUT2D eigenvalue weighted by Crippen LogP contribution is 2.44. The predicted octanol–water partition coefficient (Wildman–Crippen LogP) is 2.19. The van der Waals surface area contributed by atoms with Gasteiger partial charge in [-0.05, 0) is 37.8 Å². The van der Waals surface area contributed by atoms with Crippen LogP contribution in [0, 0.1) is 25.2 Å². The average Bonchev–Trinajstić information content (AvgIpc) is 2.91.